The minimum absolute atomic E-state index is 0.0623. The Hall–Kier alpha value is -2.30. The Bertz CT molecular complexity index is 1100. The van der Waals surface area contributed by atoms with Crippen molar-refractivity contribution in [1.82, 2.24) is 4.31 Å². The number of alkyl halides is 3. The molecule has 0 saturated carbocycles. The van der Waals surface area contributed by atoms with Crippen LogP contribution in [0.15, 0.2) is 41.3 Å². The Balaban J connectivity index is 1.94. The molecular weight excluding hydrogens is 469 g/mol. The Morgan fingerprint density at radius 1 is 1.06 bits per heavy atom. The maximum absolute atomic E-state index is 13.2. The average molecular weight is 491 g/mol. The van der Waals surface area contributed by atoms with E-state index < -0.39 is 27.7 Å². The average Bonchev–Trinajstić information content (AvgIpc) is 3.04. The van der Waals surface area contributed by atoms with Crippen LogP contribution in [-0.2, 0) is 16.2 Å². The summed E-state index contributed by atoms with van der Waals surface area (Å²) in [6, 6.07) is 6.39. The van der Waals surface area contributed by atoms with Crippen molar-refractivity contribution in [3.63, 3.8) is 0 Å². The van der Waals surface area contributed by atoms with E-state index >= 15 is 0 Å². The third-order valence-corrected chi connectivity index (χ3v) is 7.40. The van der Waals surface area contributed by atoms with E-state index in [1.54, 1.807) is 0 Å². The second-order valence-corrected chi connectivity index (χ2v) is 9.64. The number of nitrogens with zero attached hydrogens (tertiary/aromatic N) is 1. The molecule has 0 aliphatic carbocycles. The van der Waals surface area contributed by atoms with Crippen LogP contribution in [0.4, 0.5) is 18.9 Å². The Labute approximate surface area is 189 Å². The van der Waals surface area contributed by atoms with E-state index in [2.05, 4.69) is 5.32 Å². The number of carbonyl (C=O) groups excluding carboxylic acids is 1. The van der Waals surface area contributed by atoms with Gasteiger partial charge in [-0.2, -0.15) is 17.5 Å². The molecule has 32 heavy (non-hydrogen) atoms. The Morgan fingerprint density at radius 2 is 1.72 bits per heavy atom. The van der Waals surface area contributed by atoms with Crippen LogP contribution in [0.2, 0.25) is 5.02 Å². The predicted molar refractivity (Wildman–Crippen MR) is 115 cm³/mol. The number of anilines is 1. The molecule has 1 fully saturated rings. The van der Waals surface area contributed by atoms with Crippen LogP contribution < -0.4 is 10.1 Å². The summed E-state index contributed by atoms with van der Waals surface area (Å²) < 4.78 is 72.0. The lowest BCUT2D eigenvalue weighted by Gasteiger charge is -2.21. The van der Waals surface area contributed by atoms with Crippen LogP contribution in [0.5, 0.6) is 5.75 Å². The van der Waals surface area contributed by atoms with Crippen molar-refractivity contribution in [3.05, 3.63) is 52.5 Å². The molecule has 11 heteroatoms. The zero-order chi connectivity index (χ0) is 23.5. The van der Waals surface area contributed by atoms with Gasteiger partial charge in [-0.3, -0.25) is 4.79 Å². The van der Waals surface area contributed by atoms with Crippen LogP contribution >= 0.6 is 11.6 Å². The number of hydrogen-bond donors (Lipinski definition) is 1. The number of amides is 1. The fourth-order valence-corrected chi connectivity index (χ4v) is 5.30. The zero-order valence-electron chi connectivity index (χ0n) is 17.2. The first-order valence-corrected chi connectivity index (χ1v) is 11.7. The van der Waals surface area contributed by atoms with Gasteiger partial charge in [0.1, 0.15) is 10.6 Å². The minimum Gasteiger partial charge on any atom is -0.495 e. The highest BCUT2D eigenvalue weighted by Gasteiger charge is 2.32. The molecule has 0 radical (unpaired) electrons. The smallest absolute Gasteiger partial charge is 0.416 e. The lowest BCUT2D eigenvalue weighted by Crippen LogP contribution is -2.32. The maximum atomic E-state index is 13.2. The van der Waals surface area contributed by atoms with Gasteiger partial charge in [-0.25, -0.2) is 8.42 Å². The zero-order valence-corrected chi connectivity index (χ0v) is 18.8. The molecule has 1 saturated heterocycles. The van der Waals surface area contributed by atoms with Crippen molar-refractivity contribution in [2.75, 3.05) is 25.5 Å². The normalized spacial score (nSPS) is 15.8. The monoisotopic (exact) mass is 490 g/mol. The van der Waals surface area contributed by atoms with Crippen molar-refractivity contribution in [3.8, 4) is 5.75 Å². The summed E-state index contributed by atoms with van der Waals surface area (Å²) in [7, 11) is -2.62. The van der Waals surface area contributed by atoms with Crippen LogP contribution in [0.25, 0.3) is 0 Å². The number of hydrogen-bond acceptors (Lipinski definition) is 4. The van der Waals surface area contributed by atoms with Crippen LogP contribution in [0.3, 0.4) is 0 Å². The highest BCUT2D eigenvalue weighted by atomic mass is 35.5. The third-order valence-electron chi connectivity index (χ3n) is 5.15. The van der Waals surface area contributed by atoms with E-state index in [0.29, 0.717) is 13.1 Å². The van der Waals surface area contributed by atoms with Gasteiger partial charge in [0.2, 0.25) is 10.0 Å². The largest absolute Gasteiger partial charge is 0.495 e. The summed E-state index contributed by atoms with van der Waals surface area (Å²) in [6.45, 7) is 0.726. The van der Waals surface area contributed by atoms with Gasteiger partial charge >= 0.3 is 6.18 Å². The fraction of sp³-hybridized carbons (Fsp3) is 0.381. The summed E-state index contributed by atoms with van der Waals surface area (Å²) >= 11 is 5.94. The van der Waals surface area contributed by atoms with E-state index in [4.69, 9.17) is 16.3 Å². The van der Waals surface area contributed by atoms with Gasteiger partial charge in [-0.1, -0.05) is 24.4 Å². The summed E-state index contributed by atoms with van der Waals surface area (Å²) in [5, 5.41) is 2.24. The first kappa shape index (κ1) is 24.3. The van der Waals surface area contributed by atoms with E-state index in [-0.39, 0.29) is 26.9 Å². The molecule has 2 aromatic rings. The summed E-state index contributed by atoms with van der Waals surface area (Å²) in [5.41, 5.74) is -1.27. The van der Waals surface area contributed by atoms with Gasteiger partial charge in [0.15, 0.2) is 0 Å². The molecule has 1 aliphatic heterocycles. The van der Waals surface area contributed by atoms with Gasteiger partial charge in [-0.15, -0.1) is 0 Å². The summed E-state index contributed by atoms with van der Waals surface area (Å²) in [5.74, 6) is -0.732. The van der Waals surface area contributed by atoms with Crippen molar-refractivity contribution < 1.29 is 31.1 Å². The highest BCUT2D eigenvalue weighted by Crippen LogP contribution is 2.34. The molecule has 0 spiro atoms. The summed E-state index contributed by atoms with van der Waals surface area (Å²) in [4.78, 5) is 12.6. The standard InChI is InChI=1S/C21H22ClF3N2O4S/c1-31-18-9-6-14(12-19(18)32(29,30)27-10-4-2-3-5-11-27)20(28)26-17-13-15(21(23,24)25)7-8-16(17)22/h6-9,12-13H,2-5,10-11H2,1H3,(H,26,28). The maximum Gasteiger partial charge on any atom is 0.416 e. The molecule has 1 amide bonds. The van der Waals surface area contributed by atoms with E-state index in [9.17, 15) is 26.4 Å². The molecular formula is C21H22ClF3N2O4S. The van der Waals surface area contributed by atoms with E-state index in [1.165, 1.54) is 23.5 Å². The summed E-state index contributed by atoms with van der Waals surface area (Å²) in [6.07, 6.45) is -1.28. The van der Waals surface area contributed by atoms with Crippen LogP contribution in [0, 0.1) is 0 Å². The molecule has 0 atom stereocenters. The number of nitrogens with one attached hydrogen (secondary N) is 1. The Morgan fingerprint density at radius 3 is 2.31 bits per heavy atom. The first-order chi connectivity index (χ1) is 15.0. The quantitative estimate of drug-likeness (QED) is 0.626. The number of benzene rings is 2. The van der Waals surface area contributed by atoms with Gasteiger partial charge in [-0.05, 0) is 49.2 Å². The first-order valence-electron chi connectivity index (χ1n) is 9.90. The fourth-order valence-electron chi connectivity index (χ4n) is 3.43. The number of ether oxygens (including phenoxy) is 1. The Kier molecular flexibility index (Phi) is 7.36. The van der Waals surface area contributed by atoms with E-state index in [0.717, 1.165) is 49.9 Å². The second-order valence-electron chi connectivity index (χ2n) is 7.33. The predicted octanol–water partition coefficient (Wildman–Crippen LogP) is 5.18. The lowest BCUT2D eigenvalue weighted by molar-refractivity contribution is -0.137. The van der Waals surface area contributed by atoms with Gasteiger partial charge in [0, 0.05) is 18.7 Å². The molecule has 0 aromatic heterocycles. The van der Waals surface area contributed by atoms with Gasteiger partial charge in [0.05, 0.1) is 23.4 Å². The van der Waals surface area contributed by atoms with Gasteiger partial charge in [0.25, 0.3) is 5.91 Å². The number of carbonyl (C=O) groups is 1. The SMILES string of the molecule is COc1ccc(C(=O)Nc2cc(C(F)(F)F)ccc2Cl)cc1S(=O)(=O)N1CCCCCC1. The minimum atomic E-state index is -4.61. The molecule has 1 N–H and O–H groups in total. The lowest BCUT2D eigenvalue weighted by atomic mass is 10.1. The molecule has 2 aromatic carbocycles. The molecule has 1 aliphatic rings. The van der Waals surface area contributed by atoms with Crippen LogP contribution in [0.1, 0.15) is 41.6 Å². The second kappa shape index (κ2) is 9.68. The van der Waals surface area contributed by atoms with E-state index in [1.807, 2.05) is 0 Å². The topological polar surface area (TPSA) is 75.7 Å². The van der Waals surface area contributed by atoms with Crippen molar-refractivity contribution in [2.45, 2.75) is 36.8 Å². The van der Waals surface area contributed by atoms with Crippen LogP contribution in [-0.4, -0.2) is 38.8 Å². The molecule has 6 nitrogen and oxygen atoms in total. The number of halogens is 4. The van der Waals surface area contributed by atoms with Crippen molar-refractivity contribution in [1.29, 1.82) is 0 Å². The van der Waals surface area contributed by atoms with Crippen molar-refractivity contribution >= 4 is 33.2 Å². The number of methoxy groups -OCH3 is 1. The molecule has 1 heterocycles. The van der Waals surface area contributed by atoms with Gasteiger partial charge < -0.3 is 10.1 Å². The highest BCUT2D eigenvalue weighted by molar-refractivity contribution is 7.89. The molecule has 3 rings (SSSR count). The third kappa shape index (κ3) is 5.36. The molecule has 0 unspecified atom stereocenters. The molecule has 174 valence electrons. The number of sulfonamides is 1. The van der Waals surface area contributed by atoms with Crippen molar-refractivity contribution in [2.24, 2.45) is 0 Å². The molecule has 0 bridgehead atoms. The number of rotatable bonds is 5.